The molecule has 26 heavy (non-hydrogen) atoms. The van der Waals surface area contributed by atoms with E-state index < -0.39 is 5.91 Å². The Morgan fingerprint density at radius 3 is 2.23 bits per heavy atom. The van der Waals surface area contributed by atoms with Crippen molar-refractivity contribution in [3.63, 3.8) is 0 Å². The molecule has 0 bridgehead atoms. The van der Waals surface area contributed by atoms with Gasteiger partial charge in [-0.2, -0.15) is 5.10 Å². The molecule has 0 fully saturated rings. The van der Waals surface area contributed by atoms with Gasteiger partial charge in [-0.1, -0.05) is 45.0 Å². The number of benzene rings is 2. The highest BCUT2D eigenvalue weighted by Gasteiger charge is 2.14. The zero-order valence-electron chi connectivity index (χ0n) is 15.0. The summed E-state index contributed by atoms with van der Waals surface area (Å²) in [5.74, 6) is -1.13. The fourth-order valence-electron chi connectivity index (χ4n) is 2.15. The predicted molar refractivity (Wildman–Crippen MR) is 99.6 cm³/mol. The first kappa shape index (κ1) is 19.3. The van der Waals surface area contributed by atoms with Crippen molar-refractivity contribution in [3.05, 3.63) is 71.0 Å². The van der Waals surface area contributed by atoms with Crippen molar-refractivity contribution in [1.29, 1.82) is 0 Å². The molecule has 2 aromatic rings. The van der Waals surface area contributed by atoms with E-state index in [0.717, 1.165) is 5.56 Å². The Hall–Kier alpha value is -3.02. The summed E-state index contributed by atoms with van der Waals surface area (Å²) in [6, 6.07) is 13.0. The summed E-state index contributed by atoms with van der Waals surface area (Å²) >= 11 is 0. The third kappa shape index (κ3) is 5.81. The lowest BCUT2D eigenvalue weighted by Gasteiger charge is -2.19. The molecule has 0 heterocycles. The van der Waals surface area contributed by atoms with Crippen LogP contribution in [-0.4, -0.2) is 24.6 Å². The lowest BCUT2D eigenvalue weighted by Crippen LogP contribution is -2.34. The van der Waals surface area contributed by atoms with Crippen LogP contribution in [0.2, 0.25) is 0 Å². The average molecular weight is 355 g/mol. The minimum Gasteiger partial charge on any atom is -0.343 e. The van der Waals surface area contributed by atoms with Gasteiger partial charge in [0.2, 0.25) is 0 Å². The molecule has 0 saturated carbocycles. The van der Waals surface area contributed by atoms with Gasteiger partial charge < -0.3 is 5.32 Å². The van der Waals surface area contributed by atoms with Crippen molar-refractivity contribution in [1.82, 2.24) is 10.7 Å². The SMILES string of the molecule is CC(C)(C)c1ccc(C(=O)NCC(=O)N/N=C\c2ccc(F)cc2)cc1. The Labute approximate surface area is 152 Å². The Morgan fingerprint density at radius 2 is 1.65 bits per heavy atom. The number of hydrogen-bond acceptors (Lipinski definition) is 3. The van der Waals surface area contributed by atoms with Crippen molar-refractivity contribution < 1.29 is 14.0 Å². The van der Waals surface area contributed by atoms with Crippen molar-refractivity contribution in [2.45, 2.75) is 26.2 Å². The number of amides is 2. The van der Waals surface area contributed by atoms with Crippen molar-refractivity contribution in [3.8, 4) is 0 Å². The maximum absolute atomic E-state index is 12.8. The van der Waals surface area contributed by atoms with Gasteiger partial charge in [0.05, 0.1) is 12.8 Å². The normalized spacial score (nSPS) is 11.4. The summed E-state index contributed by atoms with van der Waals surface area (Å²) in [6.07, 6.45) is 1.39. The molecule has 2 aromatic carbocycles. The third-order valence-electron chi connectivity index (χ3n) is 3.70. The standard InChI is InChI=1S/C20H22FN3O2/c1-20(2,3)16-8-6-15(7-9-16)19(26)22-13-18(25)24-23-12-14-4-10-17(21)11-5-14/h4-12H,13H2,1-3H3,(H,22,26)(H,24,25)/b23-12-. The lowest BCUT2D eigenvalue weighted by atomic mass is 9.87. The van der Waals surface area contributed by atoms with E-state index in [0.29, 0.717) is 11.1 Å². The number of hydrogen-bond donors (Lipinski definition) is 2. The first-order valence-electron chi connectivity index (χ1n) is 8.22. The van der Waals surface area contributed by atoms with Crippen LogP contribution >= 0.6 is 0 Å². The maximum Gasteiger partial charge on any atom is 0.259 e. The summed E-state index contributed by atoms with van der Waals surface area (Å²) in [5, 5.41) is 6.30. The number of hydrazone groups is 1. The molecule has 0 radical (unpaired) electrons. The van der Waals surface area contributed by atoms with Crippen molar-refractivity contribution in [2.24, 2.45) is 5.10 Å². The minimum atomic E-state index is -0.456. The predicted octanol–water partition coefficient (Wildman–Crippen LogP) is 3.00. The monoisotopic (exact) mass is 355 g/mol. The van der Waals surface area contributed by atoms with E-state index in [2.05, 4.69) is 36.6 Å². The zero-order valence-corrected chi connectivity index (χ0v) is 15.0. The molecule has 5 nitrogen and oxygen atoms in total. The highest BCUT2D eigenvalue weighted by atomic mass is 19.1. The molecular weight excluding hydrogens is 333 g/mol. The van der Waals surface area contributed by atoms with Gasteiger partial charge in [0, 0.05) is 5.56 Å². The lowest BCUT2D eigenvalue weighted by molar-refractivity contribution is -0.120. The molecule has 2 N–H and O–H groups in total. The van der Waals surface area contributed by atoms with Gasteiger partial charge in [0.1, 0.15) is 5.82 Å². The average Bonchev–Trinajstić information content (AvgIpc) is 2.61. The number of nitrogens with one attached hydrogen (secondary N) is 2. The highest BCUT2D eigenvalue weighted by Crippen LogP contribution is 2.22. The van der Waals surface area contributed by atoms with Crippen molar-refractivity contribution in [2.75, 3.05) is 6.54 Å². The molecule has 0 aromatic heterocycles. The fourth-order valence-corrected chi connectivity index (χ4v) is 2.15. The maximum atomic E-state index is 12.8. The van der Waals surface area contributed by atoms with Crippen LogP contribution in [0.5, 0.6) is 0 Å². The van der Waals surface area contributed by atoms with E-state index in [1.165, 1.54) is 30.5 Å². The van der Waals surface area contributed by atoms with Gasteiger partial charge in [-0.3, -0.25) is 9.59 Å². The number of carbonyl (C=O) groups is 2. The Balaban J connectivity index is 1.81. The van der Waals surface area contributed by atoms with Crippen molar-refractivity contribution >= 4 is 18.0 Å². The second kappa shape index (κ2) is 8.38. The van der Waals surface area contributed by atoms with Gasteiger partial charge in [0.25, 0.3) is 11.8 Å². The molecule has 0 aliphatic rings. The van der Waals surface area contributed by atoms with Gasteiger partial charge >= 0.3 is 0 Å². The molecule has 0 saturated heterocycles. The van der Waals surface area contributed by atoms with Crippen LogP contribution in [0.4, 0.5) is 4.39 Å². The summed E-state index contributed by atoms with van der Waals surface area (Å²) in [4.78, 5) is 23.8. The molecule has 136 valence electrons. The molecule has 0 aliphatic heterocycles. The van der Waals surface area contributed by atoms with E-state index in [-0.39, 0.29) is 23.7 Å². The Bertz CT molecular complexity index is 791. The first-order chi connectivity index (χ1) is 12.3. The van der Waals surface area contributed by atoms with Gasteiger partial charge in [-0.05, 0) is 40.8 Å². The van der Waals surface area contributed by atoms with Crippen LogP contribution in [0.25, 0.3) is 0 Å². The summed E-state index contributed by atoms with van der Waals surface area (Å²) in [7, 11) is 0. The van der Waals surface area contributed by atoms with Gasteiger partial charge in [-0.25, -0.2) is 9.82 Å². The summed E-state index contributed by atoms with van der Waals surface area (Å²) in [6.45, 7) is 6.09. The van der Waals surface area contributed by atoms with E-state index in [1.54, 1.807) is 12.1 Å². The first-order valence-corrected chi connectivity index (χ1v) is 8.22. The van der Waals surface area contributed by atoms with Gasteiger partial charge in [-0.15, -0.1) is 0 Å². The second-order valence-electron chi connectivity index (χ2n) is 6.85. The molecule has 2 rings (SSSR count). The Morgan fingerprint density at radius 1 is 1.04 bits per heavy atom. The smallest absolute Gasteiger partial charge is 0.259 e. The second-order valence-corrected chi connectivity index (χ2v) is 6.85. The topological polar surface area (TPSA) is 70.6 Å². The van der Waals surface area contributed by atoms with E-state index in [1.807, 2.05) is 12.1 Å². The number of nitrogens with zero attached hydrogens (tertiary/aromatic N) is 1. The van der Waals surface area contributed by atoms with Crippen LogP contribution in [0, 0.1) is 5.82 Å². The van der Waals surface area contributed by atoms with Gasteiger partial charge in [0.15, 0.2) is 0 Å². The summed E-state index contributed by atoms with van der Waals surface area (Å²) in [5.41, 5.74) is 4.58. The highest BCUT2D eigenvalue weighted by molar-refractivity contribution is 5.96. The third-order valence-corrected chi connectivity index (χ3v) is 3.70. The summed E-state index contributed by atoms with van der Waals surface area (Å²) < 4.78 is 12.8. The molecule has 0 atom stereocenters. The van der Waals surface area contributed by atoms with Crippen LogP contribution in [0.3, 0.4) is 0 Å². The van der Waals surface area contributed by atoms with E-state index >= 15 is 0 Å². The quantitative estimate of drug-likeness (QED) is 0.639. The van der Waals surface area contributed by atoms with E-state index in [9.17, 15) is 14.0 Å². The molecule has 0 spiro atoms. The molecule has 2 amide bonds. The number of carbonyl (C=O) groups excluding carboxylic acids is 2. The molecular formula is C20H22FN3O2. The Kier molecular flexibility index (Phi) is 6.22. The zero-order chi connectivity index (χ0) is 19.2. The van der Waals surface area contributed by atoms with Crippen LogP contribution in [0.1, 0.15) is 42.3 Å². The molecule has 0 unspecified atom stereocenters. The largest absolute Gasteiger partial charge is 0.343 e. The molecule has 0 aliphatic carbocycles. The fraction of sp³-hybridized carbons (Fsp3) is 0.250. The minimum absolute atomic E-state index is 0.0113. The number of halogens is 1. The number of rotatable bonds is 5. The van der Waals surface area contributed by atoms with Crippen LogP contribution < -0.4 is 10.7 Å². The van der Waals surface area contributed by atoms with E-state index in [4.69, 9.17) is 0 Å². The van der Waals surface area contributed by atoms with Crippen LogP contribution in [0.15, 0.2) is 53.6 Å². The molecule has 6 heteroatoms. The van der Waals surface area contributed by atoms with Crippen LogP contribution in [-0.2, 0) is 10.2 Å².